The Bertz CT molecular complexity index is 377. The highest BCUT2D eigenvalue weighted by Crippen LogP contribution is 2.13. The summed E-state index contributed by atoms with van der Waals surface area (Å²) in [7, 11) is 0. The van der Waals surface area contributed by atoms with Crippen LogP contribution in [-0.4, -0.2) is 10.9 Å². The van der Waals surface area contributed by atoms with Gasteiger partial charge in [0.25, 0.3) is 0 Å². The number of nitrogens with one attached hydrogen (secondary N) is 1. The van der Waals surface area contributed by atoms with Crippen molar-refractivity contribution in [1.82, 2.24) is 4.98 Å². The molecule has 3 N–H and O–H groups in total. The van der Waals surface area contributed by atoms with Crippen molar-refractivity contribution in [3.05, 3.63) is 17.8 Å². The van der Waals surface area contributed by atoms with E-state index >= 15 is 0 Å². The standard InChI is InChI=1S/C13H21N3O/c1-3-4-5-6-7-13(17)16-12-8-10(2)11(14)9-15-12/h8-9H,3-7,14H2,1-2H3,(H,15,16,17). The van der Waals surface area contributed by atoms with Crippen LogP contribution in [-0.2, 0) is 4.79 Å². The Morgan fingerprint density at radius 2 is 2.18 bits per heavy atom. The monoisotopic (exact) mass is 235 g/mol. The van der Waals surface area contributed by atoms with Gasteiger partial charge in [-0.25, -0.2) is 4.98 Å². The maximum atomic E-state index is 11.6. The summed E-state index contributed by atoms with van der Waals surface area (Å²) in [6.07, 6.45) is 6.55. The molecule has 0 fully saturated rings. The fourth-order valence-corrected chi connectivity index (χ4v) is 1.55. The van der Waals surface area contributed by atoms with E-state index in [0.29, 0.717) is 17.9 Å². The molecule has 0 aliphatic rings. The van der Waals surface area contributed by atoms with Gasteiger partial charge in [-0.1, -0.05) is 26.2 Å². The third-order valence-corrected chi connectivity index (χ3v) is 2.68. The van der Waals surface area contributed by atoms with E-state index in [4.69, 9.17) is 5.73 Å². The van der Waals surface area contributed by atoms with Gasteiger partial charge >= 0.3 is 0 Å². The van der Waals surface area contributed by atoms with Crippen LogP contribution in [0.2, 0.25) is 0 Å². The van der Waals surface area contributed by atoms with Gasteiger partial charge in [-0.15, -0.1) is 0 Å². The lowest BCUT2D eigenvalue weighted by Gasteiger charge is -2.06. The average Bonchev–Trinajstić information content (AvgIpc) is 2.30. The minimum absolute atomic E-state index is 0.0257. The minimum Gasteiger partial charge on any atom is -0.397 e. The van der Waals surface area contributed by atoms with Crippen LogP contribution >= 0.6 is 0 Å². The third kappa shape index (κ3) is 4.85. The predicted molar refractivity (Wildman–Crippen MR) is 70.8 cm³/mol. The van der Waals surface area contributed by atoms with Gasteiger partial charge in [0, 0.05) is 6.42 Å². The first-order chi connectivity index (χ1) is 8.13. The van der Waals surface area contributed by atoms with Gasteiger partial charge in [0.15, 0.2) is 0 Å². The Balaban J connectivity index is 2.37. The van der Waals surface area contributed by atoms with Crippen LogP contribution < -0.4 is 11.1 Å². The Morgan fingerprint density at radius 3 is 2.82 bits per heavy atom. The molecule has 94 valence electrons. The van der Waals surface area contributed by atoms with Gasteiger partial charge < -0.3 is 11.1 Å². The first-order valence-electron chi connectivity index (χ1n) is 6.15. The lowest BCUT2D eigenvalue weighted by Crippen LogP contribution is -2.12. The van der Waals surface area contributed by atoms with Crippen LogP contribution in [0.1, 0.15) is 44.6 Å². The molecule has 0 saturated heterocycles. The number of nitrogens with two attached hydrogens (primary N) is 1. The van der Waals surface area contributed by atoms with Crippen LogP contribution in [0.4, 0.5) is 11.5 Å². The van der Waals surface area contributed by atoms with Crippen molar-refractivity contribution < 1.29 is 4.79 Å². The second-order valence-electron chi connectivity index (χ2n) is 4.28. The van der Waals surface area contributed by atoms with E-state index in [2.05, 4.69) is 17.2 Å². The molecular weight excluding hydrogens is 214 g/mol. The highest BCUT2D eigenvalue weighted by Gasteiger charge is 2.04. The summed E-state index contributed by atoms with van der Waals surface area (Å²) < 4.78 is 0. The van der Waals surface area contributed by atoms with Crippen molar-refractivity contribution in [1.29, 1.82) is 0 Å². The molecule has 0 spiro atoms. The SMILES string of the molecule is CCCCCCC(=O)Nc1cc(C)c(N)cn1. The average molecular weight is 235 g/mol. The van der Waals surface area contributed by atoms with Gasteiger partial charge in [-0.2, -0.15) is 0 Å². The van der Waals surface area contributed by atoms with Crippen molar-refractivity contribution in [2.75, 3.05) is 11.1 Å². The number of carbonyl (C=O) groups is 1. The van der Waals surface area contributed by atoms with E-state index in [9.17, 15) is 4.79 Å². The maximum Gasteiger partial charge on any atom is 0.225 e. The van der Waals surface area contributed by atoms with Gasteiger partial charge in [0.2, 0.25) is 5.91 Å². The lowest BCUT2D eigenvalue weighted by atomic mass is 10.1. The lowest BCUT2D eigenvalue weighted by molar-refractivity contribution is -0.116. The molecule has 0 aromatic carbocycles. The van der Waals surface area contributed by atoms with Gasteiger partial charge in [-0.05, 0) is 25.0 Å². The summed E-state index contributed by atoms with van der Waals surface area (Å²) in [5.41, 5.74) is 7.23. The number of carbonyl (C=O) groups excluding carboxylic acids is 1. The largest absolute Gasteiger partial charge is 0.397 e. The molecule has 0 unspecified atom stereocenters. The summed E-state index contributed by atoms with van der Waals surface area (Å²) in [5, 5.41) is 2.78. The van der Waals surface area contributed by atoms with Crippen LogP contribution in [0.15, 0.2) is 12.3 Å². The maximum absolute atomic E-state index is 11.6. The molecule has 4 nitrogen and oxygen atoms in total. The highest BCUT2D eigenvalue weighted by molar-refractivity contribution is 5.89. The van der Waals surface area contributed by atoms with Crippen molar-refractivity contribution in [3.63, 3.8) is 0 Å². The van der Waals surface area contributed by atoms with E-state index in [0.717, 1.165) is 18.4 Å². The summed E-state index contributed by atoms with van der Waals surface area (Å²) in [4.78, 5) is 15.7. The molecule has 0 saturated carbocycles. The first kappa shape index (κ1) is 13.5. The van der Waals surface area contributed by atoms with Crippen LogP contribution in [0.3, 0.4) is 0 Å². The zero-order valence-electron chi connectivity index (χ0n) is 10.6. The fraction of sp³-hybridized carbons (Fsp3) is 0.538. The molecule has 1 aromatic rings. The topological polar surface area (TPSA) is 68.0 Å². The number of anilines is 2. The molecule has 4 heteroatoms. The number of aryl methyl sites for hydroxylation is 1. The Morgan fingerprint density at radius 1 is 1.41 bits per heavy atom. The predicted octanol–water partition coefficient (Wildman–Crippen LogP) is 2.88. The van der Waals surface area contributed by atoms with Gasteiger partial charge in [0.1, 0.15) is 5.82 Å². The second-order valence-corrected chi connectivity index (χ2v) is 4.28. The zero-order chi connectivity index (χ0) is 12.7. The number of hydrogen-bond donors (Lipinski definition) is 2. The van der Waals surface area contributed by atoms with Gasteiger partial charge in [0.05, 0.1) is 11.9 Å². The number of unbranched alkanes of at least 4 members (excludes halogenated alkanes) is 3. The zero-order valence-corrected chi connectivity index (χ0v) is 10.6. The third-order valence-electron chi connectivity index (χ3n) is 2.68. The van der Waals surface area contributed by atoms with Crippen LogP contribution in [0, 0.1) is 6.92 Å². The smallest absolute Gasteiger partial charge is 0.225 e. The highest BCUT2D eigenvalue weighted by atomic mass is 16.1. The van der Waals surface area contributed by atoms with Crippen molar-refractivity contribution in [2.45, 2.75) is 46.0 Å². The van der Waals surface area contributed by atoms with E-state index in [-0.39, 0.29) is 5.91 Å². The molecule has 1 amide bonds. The Labute approximate surface area is 103 Å². The van der Waals surface area contributed by atoms with Crippen molar-refractivity contribution in [2.24, 2.45) is 0 Å². The number of aromatic nitrogens is 1. The van der Waals surface area contributed by atoms with Gasteiger partial charge in [-0.3, -0.25) is 4.79 Å². The Kier molecular flexibility index (Phi) is 5.46. The number of nitrogens with zero attached hydrogens (tertiary/aromatic N) is 1. The number of rotatable bonds is 6. The summed E-state index contributed by atoms with van der Waals surface area (Å²) in [6, 6.07) is 1.79. The molecular formula is C13H21N3O. The normalized spacial score (nSPS) is 10.2. The summed E-state index contributed by atoms with van der Waals surface area (Å²) in [5.74, 6) is 0.606. The van der Waals surface area contributed by atoms with Crippen LogP contribution in [0.5, 0.6) is 0 Å². The molecule has 1 heterocycles. The number of amides is 1. The molecule has 0 bridgehead atoms. The van der Waals surface area contributed by atoms with Crippen molar-refractivity contribution in [3.8, 4) is 0 Å². The minimum atomic E-state index is 0.0257. The summed E-state index contributed by atoms with van der Waals surface area (Å²) in [6.45, 7) is 4.05. The van der Waals surface area contributed by atoms with E-state index in [1.807, 2.05) is 6.92 Å². The molecule has 0 aliphatic heterocycles. The molecule has 1 aromatic heterocycles. The molecule has 0 aliphatic carbocycles. The molecule has 1 rings (SSSR count). The van der Waals surface area contributed by atoms with Crippen LogP contribution in [0.25, 0.3) is 0 Å². The number of nitrogen functional groups attached to an aromatic ring is 1. The quantitative estimate of drug-likeness (QED) is 0.745. The number of pyridine rings is 1. The van der Waals surface area contributed by atoms with E-state index < -0.39 is 0 Å². The molecule has 0 atom stereocenters. The second kappa shape index (κ2) is 6.89. The van der Waals surface area contributed by atoms with Crippen molar-refractivity contribution >= 4 is 17.4 Å². The summed E-state index contributed by atoms with van der Waals surface area (Å²) >= 11 is 0. The molecule has 0 radical (unpaired) electrons. The van der Waals surface area contributed by atoms with E-state index in [1.54, 1.807) is 12.3 Å². The number of hydrogen-bond acceptors (Lipinski definition) is 3. The van der Waals surface area contributed by atoms with E-state index in [1.165, 1.54) is 12.8 Å². The molecule has 17 heavy (non-hydrogen) atoms. The first-order valence-corrected chi connectivity index (χ1v) is 6.15. The fourth-order valence-electron chi connectivity index (χ4n) is 1.55. The Hall–Kier alpha value is -1.58.